The van der Waals surface area contributed by atoms with Crippen LogP contribution in [0.1, 0.15) is 5.56 Å². The van der Waals surface area contributed by atoms with Crippen molar-refractivity contribution >= 4 is 0 Å². The van der Waals surface area contributed by atoms with Gasteiger partial charge in [0, 0.05) is 5.56 Å². The molecular weight excluding hydrogens is 236 g/mol. The van der Waals surface area contributed by atoms with Gasteiger partial charge in [-0.25, -0.2) is 0 Å². The van der Waals surface area contributed by atoms with Gasteiger partial charge in [0.2, 0.25) is 24.0 Å². The molecule has 5 nitrogen and oxygen atoms in total. The van der Waals surface area contributed by atoms with Crippen molar-refractivity contribution in [3.05, 3.63) is 18.2 Å². The van der Waals surface area contributed by atoms with Crippen molar-refractivity contribution in [1.82, 2.24) is 0 Å². The summed E-state index contributed by atoms with van der Waals surface area (Å²) in [6.45, 7) is 3.87. The fourth-order valence-corrected chi connectivity index (χ4v) is 2.04. The van der Waals surface area contributed by atoms with Gasteiger partial charge in [-0.1, -0.05) is 6.08 Å². The molecule has 0 unspecified atom stereocenters. The van der Waals surface area contributed by atoms with Crippen LogP contribution in [0.2, 0.25) is 0 Å². The third kappa shape index (κ3) is 1.72. The van der Waals surface area contributed by atoms with Crippen molar-refractivity contribution in [3.8, 4) is 28.7 Å². The van der Waals surface area contributed by atoms with Gasteiger partial charge in [0.05, 0.1) is 21.3 Å². The van der Waals surface area contributed by atoms with Gasteiger partial charge in [0.25, 0.3) is 0 Å². The molecule has 0 aliphatic carbocycles. The highest BCUT2D eigenvalue weighted by molar-refractivity contribution is 5.71. The SMILES string of the molecule is C=CCc1c(OC)c(OC)c2c(c1OC)OCO2. The van der Waals surface area contributed by atoms with Gasteiger partial charge in [-0.2, -0.15) is 0 Å². The smallest absolute Gasteiger partial charge is 0.231 e. The highest BCUT2D eigenvalue weighted by Gasteiger charge is 2.31. The van der Waals surface area contributed by atoms with E-state index in [1.165, 1.54) is 0 Å². The number of hydrogen-bond acceptors (Lipinski definition) is 5. The van der Waals surface area contributed by atoms with Gasteiger partial charge in [-0.15, -0.1) is 6.58 Å². The number of benzene rings is 1. The van der Waals surface area contributed by atoms with Crippen molar-refractivity contribution in [2.75, 3.05) is 28.1 Å². The van der Waals surface area contributed by atoms with E-state index in [2.05, 4.69) is 6.58 Å². The summed E-state index contributed by atoms with van der Waals surface area (Å²) in [4.78, 5) is 0. The van der Waals surface area contributed by atoms with E-state index in [1.807, 2.05) is 0 Å². The van der Waals surface area contributed by atoms with E-state index < -0.39 is 0 Å². The Morgan fingerprint density at radius 2 is 1.56 bits per heavy atom. The summed E-state index contributed by atoms with van der Waals surface area (Å²) in [5.74, 6) is 2.76. The summed E-state index contributed by atoms with van der Waals surface area (Å²) >= 11 is 0. The van der Waals surface area contributed by atoms with Crippen molar-refractivity contribution < 1.29 is 23.7 Å². The Morgan fingerprint density at radius 1 is 1.00 bits per heavy atom. The molecule has 18 heavy (non-hydrogen) atoms. The van der Waals surface area contributed by atoms with E-state index in [9.17, 15) is 0 Å². The van der Waals surface area contributed by atoms with E-state index in [0.717, 1.165) is 5.56 Å². The molecule has 1 aromatic rings. The minimum Gasteiger partial charge on any atom is -0.492 e. The van der Waals surface area contributed by atoms with Crippen LogP contribution in [0, 0.1) is 0 Å². The lowest BCUT2D eigenvalue weighted by Crippen LogP contribution is -2.00. The van der Waals surface area contributed by atoms with Crippen LogP contribution in [0.25, 0.3) is 0 Å². The fraction of sp³-hybridized carbons (Fsp3) is 0.385. The normalized spacial score (nSPS) is 12.2. The van der Waals surface area contributed by atoms with Gasteiger partial charge >= 0.3 is 0 Å². The zero-order valence-electron chi connectivity index (χ0n) is 10.7. The van der Waals surface area contributed by atoms with Crippen molar-refractivity contribution in [1.29, 1.82) is 0 Å². The van der Waals surface area contributed by atoms with E-state index in [0.29, 0.717) is 35.2 Å². The quantitative estimate of drug-likeness (QED) is 0.751. The van der Waals surface area contributed by atoms with Gasteiger partial charge in [-0.3, -0.25) is 0 Å². The van der Waals surface area contributed by atoms with Gasteiger partial charge in [-0.05, 0) is 6.42 Å². The first kappa shape index (κ1) is 12.4. The fourth-order valence-electron chi connectivity index (χ4n) is 2.04. The molecular formula is C13H16O5. The summed E-state index contributed by atoms with van der Waals surface area (Å²) in [5.41, 5.74) is 0.830. The minimum atomic E-state index is 0.142. The number of ether oxygens (including phenoxy) is 5. The van der Waals surface area contributed by atoms with Crippen LogP contribution in [0.5, 0.6) is 28.7 Å². The Morgan fingerprint density at radius 3 is 2.06 bits per heavy atom. The van der Waals surface area contributed by atoms with Crippen LogP contribution in [0.15, 0.2) is 12.7 Å². The first-order valence-electron chi connectivity index (χ1n) is 5.49. The Kier molecular flexibility index (Phi) is 3.50. The van der Waals surface area contributed by atoms with Crippen molar-refractivity contribution in [3.63, 3.8) is 0 Å². The van der Waals surface area contributed by atoms with Crippen molar-refractivity contribution in [2.24, 2.45) is 0 Å². The molecule has 0 aromatic heterocycles. The summed E-state index contributed by atoms with van der Waals surface area (Å²) in [7, 11) is 4.71. The van der Waals surface area contributed by atoms with E-state index in [-0.39, 0.29) is 6.79 Å². The third-order valence-corrected chi connectivity index (χ3v) is 2.74. The molecule has 0 saturated carbocycles. The average molecular weight is 252 g/mol. The highest BCUT2D eigenvalue weighted by Crippen LogP contribution is 2.55. The second-order valence-electron chi connectivity index (χ2n) is 3.64. The van der Waals surface area contributed by atoms with E-state index in [4.69, 9.17) is 23.7 Å². The maximum absolute atomic E-state index is 5.43. The lowest BCUT2D eigenvalue weighted by Gasteiger charge is -2.17. The number of methoxy groups -OCH3 is 3. The predicted molar refractivity (Wildman–Crippen MR) is 66.1 cm³/mol. The van der Waals surface area contributed by atoms with E-state index >= 15 is 0 Å². The summed E-state index contributed by atoms with van der Waals surface area (Å²) in [6.07, 6.45) is 2.35. The van der Waals surface area contributed by atoms with Crippen LogP contribution in [0.4, 0.5) is 0 Å². The topological polar surface area (TPSA) is 46.2 Å². The molecule has 5 heteroatoms. The molecule has 0 N–H and O–H groups in total. The Hall–Kier alpha value is -2.04. The van der Waals surface area contributed by atoms with E-state index in [1.54, 1.807) is 27.4 Å². The summed E-state index contributed by atoms with van der Waals surface area (Å²) in [6, 6.07) is 0. The van der Waals surface area contributed by atoms with Crippen molar-refractivity contribution in [2.45, 2.75) is 6.42 Å². The Labute approximate surface area is 106 Å². The first-order valence-corrected chi connectivity index (χ1v) is 5.49. The maximum atomic E-state index is 5.43. The highest BCUT2D eigenvalue weighted by atomic mass is 16.7. The van der Waals surface area contributed by atoms with Crippen LogP contribution < -0.4 is 23.7 Å². The largest absolute Gasteiger partial charge is 0.492 e. The minimum absolute atomic E-state index is 0.142. The molecule has 1 aliphatic rings. The molecule has 2 rings (SSSR count). The third-order valence-electron chi connectivity index (χ3n) is 2.74. The predicted octanol–water partition coefficient (Wildman–Crippen LogP) is 2.17. The maximum Gasteiger partial charge on any atom is 0.231 e. The lowest BCUT2D eigenvalue weighted by atomic mass is 10.1. The standard InChI is InChI=1S/C13H16O5/c1-5-6-8-9(14-2)11(16-4)13-12(10(8)15-3)17-7-18-13/h5H,1,6-7H2,2-4H3. The monoisotopic (exact) mass is 252 g/mol. The molecule has 98 valence electrons. The lowest BCUT2D eigenvalue weighted by molar-refractivity contribution is 0.168. The molecule has 0 spiro atoms. The Balaban J connectivity index is 2.73. The molecule has 0 radical (unpaired) electrons. The number of allylic oxidation sites excluding steroid dienone is 1. The van der Waals surface area contributed by atoms with Crippen LogP contribution in [0.3, 0.4) is 0 Å². The molecule has 0 bridgehead atoms. The molecule has 0 amide bonds. The van der Waals surface area contributed by atoms with Crippen LogP contribution in [-0.4, -0.2) is 28.1 Å². The molecule has 0 fully saturated rings. The summed E-state index contributed by atoms with van der Waals surface area (Å²) in [5, 5.41) is 0. The molecule has 0 saturated heterocycles. The molecule has 0 atom stereocenters. The first-order chi connectivity index (χ1) is 8.78. The average Bonchev–Trinajstić information content (AvgIpc) is 2.86. The van der Waals surface area contributed by atoms with Gasteiger partial charge in [0.15, 0.2) is 11.5 Å². The number of fused-ring (bicyclic) bond motifs is 1. The number of hydrogen-bond donors (Lipinski definition) is 0. The summed E-state index contributed by atoms with van der Waals surface area (Å²) < 4.78 is 27.0. The molecule has 1 heterocycles. The molecule has 1 aliphatic heterocycles. The number of rotatable bonds is 5. The molecule has 1 aromatic carbocycles. The zero-order valence-corrected chi connectivity index (χ0v) is 10.7. The zero-order chi connectivity index (χ0) is 13.1. The van der Waals surface area contributed by atoms with Gasteiger partial charge < -0.3 is 23.7 Å². The second-order valence-corrected chi connectivity index (χ2v) is 3.64. The van der Waals surface area contributed by atoms with Gasteiger partial charge in [0.1, 0.15) is 0 Å². The second kappa shape index (κ2) is 5.08. The van der Waals surface area contributed by atoms with Crippen LogP contribution in [-0.2, 0) is 6.42 Å². The Bertz CT molecular complexity index is 467. The van der Waals surface area contributed by atoms with Crippen LogP contribution >= 0.6 is 0 Å².